The highest BCUT2D eigenvalue weighted by molar-refractivity contribution is 7.60. The van der Waals surface area contributed by atoms with Crippen molar-refractivity contribution in [1.29, 1.82) is 0 Å². The van der Waals surface area contributed by atoms with Crippen LogP contribution in [0.3, 0.4) is 0 Å². The molecular formula is C15H24N3O15P2-. The topological polar surface area (TPSA) is 285 Å². The van der Waals surface area contributed by atoms with Crippen molar-refractivity contribution in [2.45, 2.75) is 62.1 Å². The highest BCUT2D eigenvalue weighted by Crippen LogP contribution is 2.59. The van der Waals surface area contributed by atoms with Crippen molar-refractivity contribution in [1.82, 2.24) is 9.55 Å². The first kappa shape index (κ1) is 28.2. The van der Waals surface area contributed by atoms with Crippen LogP contribution in [0, 0.1) is 0 Å². The molecule has 3 heterocycles. The predicted molar refractivity (Wildman–Crippen MR) is 107 cm³/mol. The van der Waals surface area contributed by atoms with Gasteiger partial charge in [-0.25, -0.2) is 13.7 Å². The average molecular weight is 548 g/mol. The van der Waals surface area contributed by atoms with Crippen LogP contribution in [0.25, 0.3) is 0 Å². The predicted octanol–water partition coefficient (Wildman–Crippen LogP) is -4.43. The van der Waals surface area contributed by atoms with E-state index in [0.717, 1.165) is 16.8 Å². The van der Waals surface area contributed by atoms with Gasteiger partial charge in [0.2, 0.25) is 0 Å². The smallest absolute Gasteiger partial charge is 0.478 e. The molecule has 200 valence electrons. The van der Waals surface area contributed by atoms with Gasteiger partial charge >= 0.3 is 13.5 Å². The summed E-state index contributed by atoms with van der Waals surface area (Å²) in [6, 6.07) is -0.424. The fourth-order valence-corrected chi connectivity index (χ4v) is 5.46. The molecular weight excluding hydrogens is 524 g/mol. The molecule has 0 bridgehead atoms. The summed E-state index contributed by atoms with van der Waals surface area (Å²) < 4.78 is 48.1. The van der Waals surface area contributed by atoms with Gasteiger partial charge in [-0.05, 0) is 6.92 Å². The summed E-state index contributed by atoms with van der Waals surface area (Å²) in [7, 11) is -11.2. The van der Waals surface area contributed by atoms with Gasteiger partial charge in [0.05, 0.1) is 24.9 Å². The van der Waals surface area contributed by atoms with E-state index in [4.69, 9.17) is 15.2 Å². The van der Waals surface area contributed by atoms with E-state index in [1.54, 1.807) is 0 Å². The zero-order valence-electron chi connectivity index (χ0n) is 17.8. The lowest BCUT2D eigenvalue weighted by molar-refractivity contribution is -0.278. The Morgan fingerprint density at radius 3 is 2.43 bits per heavy atom. The highest BCUT2D eigenvalue weighted by atomic mass is 31.3. The van der Waals surface area contributed by atoms with Crippen molar-refractivity contribution in [2.24, 2.45) is 5.73 Å². The lowest BCUT2D eigenvalue weighted by atomic mass is 9.98. The van der Waals surface area contributed by atoms with Crippen molar-refractivity contribution in [3.8, 4) is 0 Å². The van der Waals surface area contributed by atoms with E-state index in [9.17, 15) is 48.9 Å². The number of hydrogen-bond donors (Lipinski definition) is 7. The third-order valence-electron chi connectivity index (χ3n) is 5.20. The number of nitrogens with two attached hydrogens (primary N) is 1. The minimum atomic E-state index is -5.69. The van der Waals surface area contributed by atoms with Crippen molar-refractivity contribution in [2.75, 3.05) is 6.61 Å². The molecule has 2 fully saturated rings. The SMILES string of the molecule is CC1O[C@@H](OP(=O)([O-])OP(=O)(O)OC[C@H]2O[C@@H](n3ccc(=O)[nH]c3=O)C(O)[C@H]2O)C(O)[C@@H](N)[C@H]1O. The van der Waals surface area contributed by atoms with E-state index in [1.165, 1.54) is 6.92 Å². The second kappa shape index (κ2) is 10.6. The summed E-state index contributed by atoms with van der Waals surface area (Å²) in [5.41, 5.74) is 3.82. The van der Waals surface area contributed by atoms with Crippen LogP contribution >= 0.6 is 15.6 Å². The van der Waals surface area contributed by atoms with E-state index in [1.807, 2.05) is 4.98 Å². The van der Waals surface area contributed by atoms with Crippen LogP contribution in [-0.2, 0) is 32.0 Å². The molecule has 20 heteroatoms. The second-order valence-electron chi connectivity index (χ2n) is 7.73. The zero-order chi connectivity index (χ0) is 26.3. The molecule has 0 saturated carbocycles. The number of nitrogens with one attached hydrogen (secondary N) is 1. The van der Waals surface area contributed by atoms with Crippen LogP contribution in [0.5, 0.6) is 0 Å². The van der Waals surface area contributed by atoms with Crippen LogP contribution in [0.1, 0.15) is 13.2 Å². The fraction of sp³-hybridized carbons (Fsp3) is 0.733. The maximum absolute atomic E-state index is 12.1. The monoisotopic (exact) mass is 548 g/mol. The summed E-state index contributed by atoms with van der Waals surface area (Å²) in [6.45, 7) is 0.302. The Kier molecular flexibility index (Phi) is 8.52. The number of ether oxygens (including phenoxy) is 2. The molecule has 0 spiro atoms. The lowest BCUT2D eigenvalue weighted by Gasteiger charge is -2.41. The number of aliphatic hydroxyl groups excluding tert-OH is 4. The number of phosphoric ester groups is 2. The van der Waals surface area contributed by atoms with Crippen LogP contribution in [0.15, 0.2) is 21.9 Å². The summed E-state index contributed by atoms with van der Waals surface area (Å²) in [6.07, 6.45) is -11.8. The van der Waals surface area contributed by atoms with Crippen LogP contribution in [0.2, 0.25) is 0 Å². The molecule has 5 unspecified atom stereocenters. The standard InChI is InChI=1S/C15H25N3O15P2/c1-5-9(20)8(16)11(22)14(30-5)32-35(27,28)33-34(25,26)29-4-6-10(21)12(23)13(31-6)18-3-2-7(19)17-15(18)24/h2-3,5-6,8-14,20-23H,4,16H2,1H3,(H,25,26)(H,27,28)(H,17,19,24)/p-1/t5?,6-,8+,9+,10+,11?,12?,13-,14+/m1/s1. The van der Waals surface area contributed by atoms with Crippen LogP contribution < -0.4 is 21.9 Å². The first-order valence-electron chi connectivity index (χ1n) is 9.90. The number of aromatic amines is 1. The van der Waals surface area contributed by atoms with E-state index in [2.05, 4.69) is 13.4 Å². The third kappa shape index (κ3) is 6.51. The Hall–Kier alpha value is -1.34. The average Bonchev–Trinajstić information content (AvgIpc) is 3.02. The highest BCUT2D eigenvalue weighted by Gasteiger charge is 2.46. The number of aromatic nitrogens is 2. The molecule has 11 atom stereocenters. The first-order chi connectivity index (χ1) is 16.1. The normalized spacial score (nSPS) is 39.1. The Morgan fingerprint density at radius 1 is 1.14 bits per heavy atom. The quantitative estimate of drug-likeness (QED) is 0.151. The summed E-state index contributed by atoms with van der Waals surface area (Å²) in [5, 5.41) is 39.9. The van der Waals surface area contributed by atoms with Crippen molar-refractivity contribution in [3.05, 3.63) is 33.1 Å². The van der Waals surface area contributed by atoms with Gasteiger partial charge in [0.25, 0.3) is 13.4 Å². The number of rotatable bonds is 8. The largest absolute Gasteiger partial charge is 0.756 e. The minimum Gasteiger partial charge on any atom is -0.756 e. The fourth-order valence-electron chi connectivity index (χ4n) is 3.34. The van der Waals surface area contributed by atoms with Gasteiger partial charge < -0.3 is 45.4 Å². The van der Waals surface area contributed by atoms with Gasteiger partial charge in [0.15, 0.2) is 12.5 Å². The van der Waals surface area contributed by atoms with Gasteiger partial charge in [0, 0.05) is 12.3 Å². The number of aliphatic hydroxyl groups is 4. The molecule has 18 nitrogen and oxygen atoms in total. The van der Waals surface area contributed by atoms with Gasteiger partial charge in [-0.2, -0.15) is 0 Å². The minimum absolute atomic E-state index is 0.736. The Morgan fingerprint density at radius 2 is 1.80 bits per heavy atom. The van der Waals surface area contributed by atoms with E-state index >= 15 is 0 Å². The summed E-state index contributed by atoms with van der Waals surface area (Å²) in [4.78, 5) is 46.8. The number of hydrogen-bond acceptors (Lipinski definition) is 15. The van der Waals surface area contributed by atoms with Gasteiger partial charge in [-0.1, -0.05) is 0 Å². The van der Waals surface area contributed by atoms with Crippen LogP contribution in [-0.4, -0.2) is 90.4 Å². The number of nitrogens with zero attached hydrogens (tertiary/aromatic N) is 1. The molecule has 35 heavy (non-hydrogen) atoms. The Bertz CT molecular complexity index is 1110. The Labute approximate surface area is 195 Å². The molecule has 2 saturated heterocycles. The van der Waals surface area contributed by atoms with Crippen molar-refractivity contribution >= 4 is 15.6 Å². The van der Waals surface area contributed by atoms with Gasteiger partial charge in [0.1, 0.15) is 24.4 Å². The van der Waals surface area contributed by atoms with Gasteiger partial charge in [-0.3, -0.25) is 28.0 Å². The lowest BCUT2D eigenvalue weighted by Crippen LogP contribution is -2.61. The second-order valence-corrected chi connectivity index (χ2v) is 10.7. The molecule has 0 amide bonds. The molecule has 0 aromatic carbocycles. The summed E-state index contributed by atoms with van der Waals surface area (Å²) in [5.74, 6) is 0. The molecule has 3 rings (SSSR count). The number of H-pyrrole nitrogens is 1. The molecule has 0 aliphatic carbocycles. The van der Waals surface area contributed by atoms with Crippen molar-refractivity contribution < 1.29 is 62.2 Å². The van der Waals surface area contributed by atoms with Crippen molar-refractivity contribution in [3.63, 3.8) is 0 Å². The van der Waals surface area contributed by atoms with E-state index in [-0.39, 0.29) is 0 Å². The maximum Gasteiger partial charge on any atom is 0.478 e. The van der Waals surface area contributed by atoms with Crippen LogP contribution in [0.4, 0.5) is 0 Å². The third-order valence-corrected chi connectivity index (χ3v) is 7.76. The molecule has 2 aliphatic heterocycles. The van der Waals surface area contributed by atoms with Gasteiger partial charge in [-0.15, -0.1) is 0 Å². The van der Waals surface area contributed by atoms with E-state index < -0.39 is 88.7 Å². The molecule has 2 aliphatic rings. The zero-order valence-corrected chi connectivity index (χ0v) is 19.6. The maximum atomic E-state index is 12.1. The molecule has 1 aromatic rings. The molecule has 1 aromatic heterocycles. The number of phosphoric acid groups is 2. The molecule has 8 N–H and O–H groups in total. The molecule has 0 radical (unpaired) electrons. The van der Waals surface area contributed by atoms with E-state index in [0.29, 0.717) is 0 Å². The summed E-state index contributed by atoms with van der Waals surface area (Å²) >= 11 is 0. The Balaban J connectivity index is 1.61. The first-order valence-corrected chi connectivity index (χ1v) is 12.9.